The predicted molar refractivity (Wildman–Crippen MR) is 70.4 cm³/mol. The van der Waals surface area contributed by atoms with E-state index >= 15 is 0 Å². The summed E-state index contributed by atoms with van der Waals surface area (Å²) in [5, 5.41) is 2.78. The van der Waals surface area contributed by atoms with Gasteiger partial charge in [-0.2, -0.15) is 0 Å². The molecule has 0 bridgehead atoms. The Morgan fingerprint density at radius 2 is 2.05 bits per heavy atom. The van der Waals surface area contributed by atoms with Gasteiger partial charge in [0.1, 0.15) is 6.61 Å². The zero-order valence-electron chi connectivity index (χ0n) is 10.8. The summed E-state index contributed by atoms with van der Waals surface area (Å²) >= 11 is 0. The summed E-state index contributed by atoms with van der Waals surface area (Å²) in [7, 11) is 0. The Balaban J connectivity index is 1.83. The number of amides is 2. The molecule has 0 spiro atoms. The van der Waals surface area contributed by atoms with Crippen molar-refractivity contribution in [3.63, 3.8) is 0 Å². The molecule has 1 aliphatic heterocycles. The predicted octanol–water partition coefficient (Wildman–Crippen LogP) is 1.54. The maximum atomic E-state index is 11.9. The van der Waals surface area contributed by atoms with E-state index in [9.17, 15) is 9.59 Å². The molecule has 0 saturated carbocycles. The summed E-state index contributed by atoms with van der Waals surface area (Å²) in [5.41, 5.74) is 0.959. The molecular formula is C14H18N2O3. The second-order valence-corrected chi connectivity index (χ2v) is 4.48. The van der Waals surface area contributed by atoms with Crippen LogP contribution in [-0.2, 0) is 16.1 Å². The van der Waals surface area contributed by atoms with Crippen LogP contribution < -0.4 is 5.32 Å². The van der Waals surface area contributed by atoms with Crippen molar-refractivity contribution in [3.8, 4) is 0 Å². The van der Waals surface area contributed by atoms with Crippen molar-refractivity contribution in [2.24, 2.45) is 0 Å². The highest BCUT2D eigenvalue weighted by Gasteiger charge is 2.18. The summed E-state index contributed by atoms with van der Waals surface area (Å²) in [6, 6.07) is 9.55. The maximum absolute atomic E-state index is 11.9. The lowest BCUT2D eigenvalue weighted by molar-refractivity contribution is -0.121. The molecule has 0 atom stereocenters. The molecule has 0 aromatic heterocycles. The lowest BCUT2D eigenvalue weighted by atomic mass is 10.2. The molecule has 2 amide bonds. The highest BCUT2D eigenvalue weighted by molar-refractivity contribution is 5.77. The first kappa shape index (κ1) is 13.4. The minimum atomic E-state index is -0.349. The fourth-order valence-corrected chi connectivity index (χ4v) is 1.93. The molecule has 1 aromatic rings. The Hall–Kier alpha value is -2.04. The van der Waals surface area contributed by atoms with Crippen molar-refractivity contribution in [1.29, 1.82) is 0 Å². The first-order valence-corrected chi connectivity index (χ1v) is 6.48. The van der Waals surface area contributed by atoms with Crippen LogP contribution in [0, 0.1) is 0 Å². The molecule has 102 valence electrons. The van der Waals surface area contributed by atoms with E-state index in [1.165, 1.54) is 0 Å². The van der Waals surface area contributed by atoms with Gasteiger partial charge in [-0.25, -0.2) is 4.79 Å². The molecule has 0 radical (unpaired) electrons. The van der Waals surface area contributed by atoms with Crippen molar-refractivity contribution in [3.05, 3.63) is 35.9 Å². The van der Waals surface area contributed by atoms with E-state index in [1.54, 1.807) is 4.90 Å². The smallest absolute Gasteiger partial charge is 0.410 e. The Labute approximate surface area is 112 Å². The molecule has 0 unspecified atom stereocenters. The third-order valence-electron chi connectivity index (χ3n) is 3.00. The summed E-state index contributed by atoms with van der Waals surface area (Å²) in [6.07, 6.45) is 0.741. The van der Waals surface area contributed by atoms with Gasteiger partial charge in [0.05, 0.1) is 0 Å². The number of carbonyl (C=O) groups excluding carboxylic acids is 2. The van der Waals surface area contributed by atoms with Crippen molar-refractivity contribution < 1.29 is 14.3 Å². The Kier molecular flexibility index (Phi) is 4.78. The number of hydrogen-bond acceptors (Lipinski definition) is 3. The number of benzene rings is 1. The molecular weight excluding hydrogens is 244 g/mol. The Morgan fingerprint density at radius 3 is 2.84 bits per heavy atom. The van der Waals surface area contributed by atoms with Gasteiger partial charge < -0.3 is 15.0 Å². The monoisotopic (exact) mass is 262 g/mol. The molecule has 1 saturated heterocycles. The average molecular weight is 262 g/mol. The molecule has 5 heteroatoms. The third kappa shape index (κ3) is 4.28. The van der Waals surface area contributed by atoms with Crippen LogP contribution >= 0.6 is 0 Å². The SMILES string of the molecule is O=C1CCN(C(=O)OCc2ccccc2)CCCN1. The van der Waals surface area contributed by atoms with Crippen LogP contribution in [0.15, 0.2) is 30.3 Å². The normalized spacial score (nSPS) is 16.2. The summed E-state index contributed by atoms with van der Waals surface area (Å²) in [6.45, 7) is 1.91. The highest BCUT2D eigenvalue weighted by atomic mass is 16.6. The van der Waals surface area contributed by atoms with E-state index in [2.05, 4.69) is 5.32 Å². The van der Waals surface area contributed by atoms with Crippen LogP contribution in [0.1, 0.15) is 18.4 Å². The number of ether oxygens (including phenoxy) is 1. The quantitative estimate of drug-likeness (QED) is 0.879. The molecule has 1 fully saturated rings. The minimum absolute atomic E-state index is 0.0134. The van der Waals surface area contributed by atoms with E-state index in [0.717, 1.165) is 12.0 Å². The van der Waals surface area contributed by atoms with Gasteiger partial charge in [0.2, 0.25) is 5.91 Å². The van der Waals surface area contributed by atoms with Gasteiger partial charge in [-0.3, -0.25) is 4.79 Å². The lowest BCUT2D eigenvalue weighted by Gasteiger charge is -2.24. The standard InChI is InChI=1S/C14H18N2O3/c17-13-7-10-16(9-4-8-15-13)14(18)19-11-12-5-2-1-3-6-12/h1-3,5-6H,4,7-11H2,(H,15,17). The van der Waals surface area contributed by atoms with Crippen LogP contribution in [0.4, 0.5) is 4.79 Å². The number of nitrogens with one attached hydrogen (secondary N) is 1. The average Bonchev–Trinajstić information content (AvgIpc) is 2.42. The van der Waals surface area contributed by atoms with Crippen molar-refractivity contribution >= 4 is 12.0 Å². The molecule has 1 aromatic carbocycles. The molecule has 1 aliphatic rings. The van der Waals surface area contributed by atoms with Gasteiger partial charge in [-0.05, 0) is 12.0 Å². The van der Waals surface area contributed by atoms with Gasteiger partial charge in [-0.1, -0.05) is 30.3 Å². The summed E-state index contributed by atoms with van der Waals surface area (Å²) < 4.78 is 5.25. The second-order valence-electron chi connectivity index (χ2n) is 4.48. The number of hydrogen-bond donors (Lipinski definition) is 1. The van der Waals surface area contributed by atoms with Crippen LogP contribution in [0.3, 0.4) is 0 Å². The first-order valence-electron chi connectivity index (χ1n) is 6.48. The van der Waals surface area contributed by atoms with E-state index in [0.29, 0.717) is 26.1 Å². The molecule has 2 rings (SSSR count). The van der Waals surface area contributed by atoms with Crippen molar-refractivity contribution in [2.45, 2.75) is 19.4 Å². The summed E-state index contributed by atoms with van der Waals surface area (Å²) in [5.74, 6) is -0.0134. The molecule has 19 heavy (non-hydrogen) atoms. The summed E-state index contributed by atoms with van der Waals surface area (Å²) in [4.78, 5) is 24.8. The zero-order valence-corrected chi connectivity index (χ0v) is 10.8. The van der Waals surface area contributed by atoms with Crippen molar-refractivity contribution in [2.75, 3.05) is 19.6 Å². The Morgan fingerprint density at radius 1 is 1.26 bits per heavy atom. The fourth-order valence-electron chi connectivity index (χ4n) is 1.93. The second kappa shape index (κ2) is 6.78. The fraction of sp³-hybridized carbons (Fsp3) is 0.429. The molecule has 5 nitrogen and oxygen atoms in total. The molecule has 0 aliphatic carbocycles. The van der Waals surface area contributed by atoms with Crippen molar-refractivity contribution in [1.82, 2.24) is 10.2 Å². The van der Waals surface area contributed by atoms with Gasteiger partial charge in [0.25, 0.3) is 0 Å². The Bertz CT molecular complexity index is 434. The number of carbonyl (C=O) groups is 2. The largest absolute Gasteiger partial charge is 0.445 e. The van der Waals surface area contributed by atoms with Crippen LogP contribution in [0.5, 0.6) is 0 Å². The molecule has 1 N–H and O–H groups in total. The van der Waals surface area contributed by atoms with Gasteiger partial charge >= 0.3 is 6.09 Å². The van der Waals surface area contributed by atoms with Gasteiger partial charge in [-0.15, -0.1) is 0 Å². The van der Waals surface area contributed by atoms with Crippen LogP contribution in [0.2, 0.25) is 0 Å². The number of rotatable bonds is 2. The van der Waals surface area contributed by atoms with Gasteiger partial charge in [0.15, 0.2) is 0 Å². The topological polar surface area (TPSA) is 58.6 Å². The third-order valence-corrected chi connectivity index (χ3v) is 3.00. The van der Waals surface area contributed by atoms with E-state index in [-0.39, 0.29) is 18.6 Å². The van der Waals surface area contributed by atoms with E-state index < -0.39 is 0 Å². The maximum Gasteiger partial charge on any atom is 0.410 e. The lowest BCUT2D eigenvalue weighted by Crippen LogP contribution is -2.40. The zero-order chi connectivity index (χ0) is 13.5. The first-order chi connectivity index (χ1) is 9.25. The van der Waals surface area contributed by atoms with E-state index in [4.69, 9.17) is 4.74 Å². The highest BCUT2D eigenvalue weighted by Crippen LogP contribution is 2.05. The van der Waals surface area contributed by atoms with E-state index in [1.807, 2.05) is 30.3 Å². The van der Waals surface area contributed by atoms with Crippen LogP contribution in [0.25, 0.3) is 0 Å². The van der Waals surface area contributed by atoms with Gasteiger partial charge in [0, 0.05) is 26.1 Å². The number of nitrogens with zero attached hydrogens (tertiary/aromatic N) is 1. The minimum Gasteiger partial charge on any atom is -0.445 e. The van der Waals surface area contributed by atoms with Crippen LogP contribution in [-0.4, -0.2) is 36.5 Å². The molecule has 1 heterocycles.